The summed E-state index contributed by atoms with van der Waals surface area (Å²) in [4.78, 5) is 34.8. The average molecular weight is 659 g/mol. The molecule has 4 atom stereocenters. The van der Waals surface area contributed by atoms with Gasteiger partial charge in [0.25, 0.3) is 0 Å². The Morgan fingerprint density at radius 2 is 1.81 bits per heavy atom. The number of nitrogens with zero attached hydrogens (tertiary/aromatic N) is 2. The number of alkyl halides is 3. The van der Waals surface area contributed by atoms with Crippen LogP contribution in [0.2, 0.25) is 0 Å². The number of rotatable bonds is 9. The molecular formula is C36H45F3N2O6. The van der Waals surface area contributed by atoms with Gasteiger partial charge in [-0.1, -0.05) is 40.0 Å². The van der Waals surface area contributed by atoms with Gasteiger partial charge in [-0.25, -0.2) is 9.78 Å². The van der Waals surface area contributed by atoms with E-state index in [1.165, 1.54) is 12.3 Å². The van der Waals surface area contributed by atoms with Crippen LogP contribution in [0.4, 0.5) is 13.2 Å². The lowest BCUT2D eigenvalue weighted by Gasteiger charge is -2.36. The van der Waals surface area contributed by atoms with E-state index >= 15 is 0 Å². The first kappa shape index (κ1) is 34.7. The Morgan fingerprint density at radius 1 is 1.09 bits per heavy atom. The van der Waals surface area contributed by atoms with Gasteiger partial charge in [-0.2, -0.15) is 13.2 Å². The molecule has 1 aliphatic heterocycles. The molecule has 1 saturated carbocycles. The van der Waals surface area contributed by atoms with E-state index in [-0.39, 0.29) is 36.5 Å². The summed E-state index contributed by atoms with van der Waals surface area (Å²) in [5, 5.41) is 0.281. The van der Waals surface area contributed by atoms with Gasteiger partial charge in [0.15, 0.2) is 0 Å². The third kappa shape index (κ3) is 7.29. The number of hydrogen-bond donors (Lipinski definition) is 0. The minimum Gasteiger partial charge on any atom is -0.475 e. The van der Waals surface area contributed by atoms with Crippen molar-refractivity contribution in [1.82, 2.24) is 9.88 Å². The minimum absolute atomic E-state index is 0.121. The molecular weight excluding hydrogens is 613 g/mol. The third-order valence-electron chi connectivity index (χ3n) is 9.22. The van der Waals surface area contributed by atoms with Gasteiger partial charge in [0.1, 0.15) is 11.6 Å². The second-order valence-electron chi connectivity index (χ2n) is 13.9. The average Bonchev–Trinajstić information content (AvgIpc) is 3.58. The fraction of sp³-hybridized carbons (Fsp3) is 0.583. The Morgan fingerprint density at radius 3 is 2.45 bits per heavy atom. The molecule has 1 aromatic carbocycles. The molecule has 0 N–H and O–H groups in total. The van der Waals surface area contributed by atoms with E-state index in [1.807, 2.05) is 40.7 Å². The zero-order valence-electron chi connectivity index (χ0n) is 27.9. The van der Waals surface area contributed by atoms with Crippen LogP contribution in [0.15, 0.2) is 47.2 Å². The number of likely N-dealkylation sites (tertiary alicyclic amines) is 1. The van der Waals surface area contributed by atoms with Crippen LogP contribution in [0.3, 0.4) is 0 Å². The van der Waals surface area contributed by atoms with Crippen LogP contribution in [-0.2, 0) is 31.8 Å². The number of benzene rings is 1. The first-order valence-corrected chi connectivity index (χ1v) is 16.5. The molecule has 11 heteroatoms. The molecule has 2 aromatic heterocycles. The summed E-state index contributed by atoms with van der Waals surface area (Å²) in [6, 6.07) is 5.15. The summed E-state index contributed by atoms with van der Waals surface area (Å²) in [6.45, 7) is 11.5. The quantitative estimate of drug-likeness (QED) is 0.214. The number of carbonyl (C=O) groups is 2. The zero-order chi connectivity index (χ0) is 34.1. The number of fused-ring (bicyclic) bond motifs is 1. The van der Waals surface area contributed by atoms with Crippen LogP contribution in [0.5, 0.6) is 5.88 Å². The van der Waals surface area contributed by atoms with Crippen molar-refractivity contribution in [3.8, 4) is 5.88 Å². The molecule has 47 heavy (non-hydrogen) atoms. The molecule has 0 unspecified atom stereocenters. The maximum Gasteiger partial charge on any atom is 0.416 e. The van der Waals surface area contributed by atoms with Crippen LogP contribution in [-0.4, -0.2) is 46.6 Å². The molecule has 2 aliphatic rings. The van der Waals surface area contributed by atoms with Crippen molar-refractivity contribution < 1.29 is 41.4 Å². The van der Waals surface area contributed by atoms with E-state index in [0.29, 0.717) is 35.4 Å². The first-order chi connectivity index (χ1) is 22.2. The highest BCUT2D eigenvalue weighted by atomic mass is 19.4. The van der Waals surface area contributed by atoms with Gasteiger partial charge in [0.2, 0.25) is 11.8 Å². The maximum atomic E-state index is 14.7. The topological polar surface area (TPSA) is 91.1 Å². The number of ether oxygens (including phenoxy) is 3. The van der Waals surface area contributed by atoms with Crippen molar-refractivity contribution in [2.24, 2.45) is 17.3 Å². The summed E-state index contributed by atoms with van der Waals surface area (Å²) < 4.78 is 65.0. The number of aromatic nitrogens is 1. The molecule has 0 spiro atoms. The van der Waals surface area contributed by atoms with Crippen LogP contribution < -0.4 is 4.74 Å². The molecule has 3 aromatic rings. The number of pyridine rings is 1. The second kappa shape index (κ2) is 13.9. The Hall–Kier alpha value is -3.60. The Kier molecular flexibility index (Phi) is 10.2. The van der Waals surface area contributed by atoms with Gasteiger partial charge >= 0.3 is 12.1 Å². The lowest BCUT2D eigenvalue weighted by atomic mass is 9.73. The van der Waals surface area contributed by atoms with Gasteiger partial charge in [0.05, 0.1) is 43.3 Å². The predicted molar refractivity (Wildman–Crippen MR) is 169 cm³/mol. The van der Waals surface area contributed by atoms with E-state index in [9.17, 15) is 22.8 Å². The van der Waals surface area contributed by atoms with Crippen LogP contribution >= 0.6 is 0 Å². The standard InChI is InChI=1S/C36H45F3N2O6/c1-7-44-34(43)30-28(35(4,5)6)31(46-20-23-19-45-27-16-15-24(18-26(23)27)36(37,38)39)29(25-14-11-17-40-32(25)47-21(2)3)41(30)33(42)22-12-9-8-10-13-22/h11,14-19,21-22,28-31H,7-10,12-13,20H2,1-6H3/t28-,29+,30+,31+/m1/s1. The monoisotopic (exact) mass is 658 g/mol. The summed E-state index contributed by atoms with van der Waals surface area (Å²) in [5.74, 6) is -1.17. The SMILES string of the molecule is CCOC(=O)[C@@H]1[C@@H](C(C)(C)C)[C@H](OCc2coc3ccc(C(F)(F)F)cc23)[C@H](c2cccnc2OC(C)C)N1C(=O)C1CCCCC1. The molecule has 256 valence electrons. The summed E-state index contributed by atoms with van der Waals surface area (Å²) in [6.07, 6.45) is 1.78. The van der Waals surface area contributed by atoms with Crippen molar-refractivity contribution in [2.45, 2.75) is 111 Å². The van der Waals surface area contributed by atoms with Gasteiger partial charge in [0, 0.05) is 34.5 Å². The largest absolute Gasteiger partial charge is 0.475 e. The molecule has 5 rings (SSSR count). The Labute approximate surface area is 273 Å². The number of furan rings is 1. The predicted octanol–water partition coefficient (Wildman–Crippen LogP) is 8.28. The van der Waals surface area contributed by atoms with Gasteiger partial charge in [-0.05, 0) is 69.4 Å². The lowest BCUT2D eigenvalue weighted by Crippen LogP contribution is -2.49. The normalized spacial score (nSPS) is 22.6. The van der Waals surface area contributed by atoms with Crippen molar-refractivity contribution in [2.75, 3.05) is 6.61 Å². The van der Waals surface area contributed by atoms with Crippen molar-refractivity contribution in [1.29, 1.82) is 0 Å². The Balaban J connectivity index is 1.66. The van der Waals surface area contributed by atoms with Crippen molar-refractivity contribution >= 4 is 22.8 Å². The second-order valence-corrected chi connectivity index (χ2v) is 13.9. The molecule has 1 amide bonds. The fourth-order valence-electron chi connectivity index (χ4n) is 7.20. The molecule has 3 heterocycles. The summed E-state index contributed by atoms with van der Waals surface area (Å²) >= 11 is 0. The van der Waals surface area contributed by atoms with Gasteiger partial charge in [-0.15, -0.1) is 0 Å². The highest BCUT2D eigenvalue weighted by Gasteiger charge is 2.60. The van der Waals surface area contributed by atoms with Crippen LogP contribution in [0.25, 0.3) is 11.0 Å². The smallest absolute Gasteiger partial charge is 0.416 e. The van der Waals surface area contributed by atoms with Crippen LogP contribution in [0, 0.1) is 17.3 Å². The first-order valence-electron chi connectivity index (χ1n) is 16.5. The van der Waals surface area contributed by atoms with E-state index in [2.05, 4.69) is 4.98 Å². The number of esters is 1. The maximum absolute atomic E-state index is 14.7. The number of halogens is 3. The lowest BCUT2D eigenvalue weighted by molar-refractivity contribution is -0.158. The number of hydrogen-bond acceptors (Lipinski definition) is 7. The van der Waals surface area contributed by atoms with E-state index in [4.69, 9.17) is 18.6 Å². The van der Waals surface area contributed by atoms with E-state index in [1.54, 1.807) is 24.1 Å². The number of amides is 1. The molecule has 1 saturated heterocycles. The van der Waals surface area contributed by atoms with E-state index in [0.717, 1.165) is 31.4 Å². The summed E-state index contributed by atoms with van der Waals surface area (Å²) in [7, 11) is 0. The minimum atomic E-state index is -4.53. The van der Waals surface area contributed by atoms with Crippen molar-refractivity contribution in [3.63, 3.8) is 0 Å². The third-order valence-corrected chi connectivity index (χ3v) is 9.22. The molecule has 0 bridgehead atoms. The van der Waals surface area contributed by atoms with Crippen molar-refractivity contribution in [3.05, 3.63) is 59.5 Å². The van der Waals surface area contributed by atoms with Gasteiger partial charge in [-0.3, -0.25) is 4.79 Å². The molecule has 0 radical (unpaired) electrons. The fourth-order valence-corrected chi connectivity index (χ4v) is 7.20. The zero-order valence-corrected chi connectivity index (χ0v) is 27.9. The molecule has 1 aliphatic carbocycles. The van der Waals surface area contributed by atoms with E-state index < -0.39 is 47.2 Å². The Bertz CT molecular complexity index is 1560. The summed E-state index contributed by atoms with van der Waals surface area (Å²) in [5.41, 5.74) is -0.0628. The number of carbonyl (C=O) groups excluding carboxylic acids is 2. The molecule has 2 fully saturated rings. The van der Waals surface area contributed by atoms with Gasteiger partial charge < -0.3 is 23.5 Å². The highest BCUT2D eigenvalue weighted by molar-refractivity contribution is 5.88. The van der Waals surface area contributed by atoms with Crippen LogP contribution in [0.1, 0.15) is 96.4 Å². The molecule has 8 nitrogen and oxygen atoms in total. The highest BCUT2D eigenvalue weighted by Crippen LogP contribution is 2.52.